The maximum absolute atomic E-state index is 12.5. The van der Waals surface area contributed by atoms with Crippen LogP contribution >= 0.6 is 0 Å². The minimum atomic E-state index is -5.03. The Bertz CT molecular complexity index is 396. The van der Waals surface area contributed by atoms with Crippen LogP contribution in [0.3, 0.4) is 0 Å². The van der Waals surface area contributed by atoms with Gasteiger partial charge in [0.2, 0.25) is 0 Å². The first-order valence-corrected chi connectivity index (χ1v) is 4.39. The first-order valence-electron chi connectivity index (χ1n) is 4.39. The van der Waals surface area contributed by atoms with E-state index in [0.717, 1.165) is 12.1 Å². The number of hydrogen-bond acceptors (Lipinski definition) is 1. The Morgan fingerprint density at radius 2 is 1.87 bits per heavy atom. The molecular weight excluding hydrogens is 204 g/mol. The number of allylic oxidation sites excluding steroid dienone is 1. The minimum absolute atomic E-state index is 0.0280. The normalized spacial score (nSPS) is 12.0. The number of rotatable bonds is 3. The van der Waals surface area contributed by atoms with Gasteiger partial charge in [0.15, 0.2) is 5.78 Å². The molecule has 0 aliphatic heterocycles. The van der Waals surface area contributed by atoms with Crippen molar-refractivity contribution in [2.75, 3.05) is 0 Å². The molecule has 0 aliphatic carbocycles. The predicted octanol–water partition coefficient (Wildman–Crippen LogP) is 2.34. The molecule has 1 rings (SSSR count). The number of carbonyl (C=O) groups is 1. The molecule has 0 atom stereocenters. The summed E-state index contributed by atoms with van der Waals surface area (Å²) in [6.07, 6.45) is 2.31. The monoisotopic (exact) mass is 213 g/mol. The summed E-state index contributed by atoms with van der Waals surface area (Å²) in [7, 11) is 0. The molecule has 1 aromatic carbocycles. The van der Waals surface area contributed by atoms with Crippen LogP contribution in [0.15, 0.2) is 30.3 Å². The summed E-state index contributed by atoms with van der Waals surface area (Å²) in [5.41, 5.74) is -0.643. The summed E-state index contributed by atoms with van der Waals surface area (Å²) in [5.74, 6) is -0.278. The van der Waals surface area contributed by atoms with E-state index in [2.05, 4.69) is 0 Å². The van der Waals surface area contributed by atoms with Crippen molar-refractivity contribution < 1.29 is 17.7 Å². The summed E-state index contributed by atoms with van der Waals surface area (Å²) in [4.78, 5) is 10.6. The quantitative estimate of drug-likeness (QED) is 0.556. The number of hydrogen-bond donors (Lipinski definition) is 0. The Labute approximate surface area is 85.7 Å². The highest BCUT2D eigenvalue weighted by Gasteiger charge is 2.27. The van der Waals surface area contributed by atoms with Crippen LogP contribution in [0.4, 0.5) is 12.9 Å². The molecule has 0 spiro atoms. The number of benzene rings is 1. The third kappa shape index (κ3) is 3.27. The van der Waals surface area contributed by atoms with Crippen LogP contribution in [0.5, 0.6) is 0 Å². The lowest BCUT2D eigenvalue weighted by atomic mass is 9.77. The van der Waals surface area contributed by atoms with Crippen LogP contribution in [0.25, 0.3) is 6.08 Å². The van der Waals surface area contributed by atoms with Crippen molar-refractivity contribution in [3.63, 3.8) is 0 Å². The maximum Gasteiger partial charge on any atom is 0.510 e. The van der Waals surface area contributed by atoms with Crippen molar-refractivity contribution in [3.8, 4) is 0 Å². The van der Waals surface area contributed by atoms with E-state index in [-0.39, 0.29) is 11.3 Å². The van der Waals surface area contributed by atoms with Gasteiger partial charge in [0.1, 0.15) is 0 Å². The molecule has 5 heteroatoms. The van der Waals surface area contributed by atoms with Crippen LogP contribution in [0, 0.1) is 0 Å². The molecular formula is C10H9BF3O-. The van der Waals surface area contributed by atoms with E-state index in [0.29, 0.717) is 0 Å². The highest BCUT2D eigenvalue weighted by atomic mass is 19.4. The molecule has 1 aromatic rings. The van der Waals surface area contributed by atoms with Crippen LogP contribution < -0.4 is 5.46 Å². The number of carbonyl (C=O) groups excluding carboxylic acids is 1. The number of ketones is 1. The molecule has 0 heterocycles. The lowest BCUT2D eigenvalue weighted by Crippen LogP contribution is -2.35. The van der Waals surface area contributed by atoms with Gasteiger partial charge in [-0.25, -0.2) is 0 Å². The van der Waals surface area contributed by atoms with E-state index in [9.17, 15) is 17.7 Å². The van der Waals surface area contributed by atoms with Crippen LogP contribution in [-0.2, 0) is 4.79 Å². The van der Waals surface area contributed by atoms with Gasteiger partial charge in [-0.05, 0) is 13.0 Å². The van der Waals surface area contributed by atoms with E-state index in [1.54, 1.807) is 0 Å². The molecule has 0 aliphatic rings. The van der Waals surface area contributed by atoms with Crippen LogP contribution in [-0.4, -0.2) is 12.8 Å². The zero-order valence-corrected chi connectivity index (χ0v) is 8.08. The molecule has 0 fully saturated rings. The van der Waals surface area contributed by atoms with Gasteiger partial charge in [0, 0.05) is 0 Å². The van der Waals surface area contributed by atoms with Crippen molar-refractivity contribution in [3.05, 3.63) is 35.9 Å². The Morgan fingerprint density at radius 3 is 2.40 bits per heavy atom. The summed E-state index contributed by atoms with van der Waals surface area (Å²) in [5, 5.41) is 0. The largest absolute Gasteiger partial charge is 0.510 e. The average molecular weight is 213 g/mol. The van der Waals surface area contributed by atoms with Crippen LogP contribution in [0.2, 0.25) is 0 Å². The smallest absolute Gasteiger partial charge is 0.445 e. The number of halogens is 3. The zero-order chi connectivity index (χ0) is 11.5. The van der Waals surface area contributed by atoms with Gasteiger partial charge in [0.05, 0.1) is 0 Å². The van der Waals surface area contributed by atoms with Gasteiger partial charge < -0.3 is 12.9 Å². The summed E-state index contributed by atoms with van der Waals surface area (Å²) < 4.78 is 37.5. The Hall–Kier alpha value is -1.52. The maximum atomic E-state index is 12.5. The second kappa shape index (κ2) is 4.34. The highest BCUT2D eigenvalue weighted by Crippen LogP contribution is 2.13. The summed E-state index contributed by atoms with van der Waals surface area (Å²) in [6.45, 7) is -3.74. The van der Waals surface area contributed by atoms with Gasteiger partial charge in [-0.3, -0.25) is 4.79 Å². The fourth-order valence-electron chi connectivity index (χ4n) is 1.17. The molecule has 80 valence electrons. The van der Waals surface area contributed by atoms with E-state index in [1.165, 1.54) is 31.2 Å². The van der Waals surface area contributed by atoms with Crippen molar-refractivity contribution in [2.24, 2.45) is 0 Å². The standard InChI is InChI=1S/C10H9BF3O/c1-8(15)6-7-9-4-2-3-5-10(9)11(12,13)14/h2-7H,1H3/q-1/b7-6+. The van der Waals surface area contributed by atoms with Crippen molar-refractivity contribution >= 4 is 24.3 Å². The average Bonchev–Trinajstić information content (AvgIpc) is 2.13. The van der Waals surface area contributed by atoms with E-state index < -0.39 is 12.4 Å². The topological polar surface area (TPSA) is 17.1 Å². The Kier molecular flexibility index (Phi) is 3.34. The van der Waals surface area contributed by atoms with Gasteiger partial charge in [-0.1, -0.05) is 35.9 Å². The lowest BCUT2D eigenvalue weighted by molar-refractivity contribution is -0.112. The van der Waals surface area contributed by atoms with Crippen molar-refractivity contribution in [1.82, 2.24) is 0 Å². The SMILES string of the molecule is CC(=O)/C=C/c1ccccc1[B-](F)(F)F. The van der Waals surface area contributed by atoms with Gasteiger partial charge >= 0.3 is 6.98 Å². The molecule has 0 saturated carbocycles. The van der Waals surface area contributed by atoms with E-state index in [1.807, 2.05) is 0 Å². The fraction of sp³-hybridized carbons (Fsp3) is 0.100. The van der Waals surface area contributed by atoms with E-state index in [4.69, 9.17) is 0 Å². The summed E-state index contributed by atoms with van der Waals surface area (Å²) in [6, 6.07) is 5.19. The lowest BCUT2D eigenvalue weighted by Gasteiger charge is -2.17. The molecule has 0 radical (unpaired) electrons. The van der Waals surface area contributed by atoms with Gasteiger partial charge in [-0.2, -0.15) is 0 Å². The third-order valence-corrected chi connectivity index (χ3v) is 1.85. The molecule has 0 amide bonds. The van der Waals surface area contributed by atoms with Crippen LogP contribution in [0.1, 0.15) is 12.5 Å². The minimum Gasteiger partial charge on any atom is -0.445 e. The second-order valence-corrected chi connectivity index (χ2v) is 3.15. The second-order valence-electron chi connectivity index (χ2n) is 3.15. The highest BCUT2D eigenvalue weighted by molar-refractivity contribution is 6.74. The van der Waals surface area contributed by atoms with Gasteiger partial charge in [0.25, 0.3) is 0 Å². The predicted molar refractivity (Wildman–Crippen MR) is 54.9 cm³/mol. The first kappa shape index (κ1) is 11.6. The molecule has 15 heavy (non-hydrogen) atoms. The van der Waals surface area contributed by atoms with Gasteiger partial charge in [-0.15, -0.1) is 5.46 Å². The van der Waals surface area contributed by atoms with E-state index >= 15 is 0 Å². The first-order chi connectivity index (χ1) is 6.91. The molecule has 0 N–H and O–H groups in total. The molecule has 1 nitrogen and oxygen atoms in total. The summed E-state index contributed by atoms with van der Waals surface area (Å²) >= 11 is 0. The fourth-order valence-corrected chi connectivity index (χ4v) is 1.17. The molecule has 0 unspecified atom stereocenters. The third-order valence-electron chi connectivity index (χ3n) is 1.85. The Morgan fingerprint density at radius 1 is 1.27 bits per heavy atom. The molecule has 0 bridgehead atoms. The Balaban J connectivity index is 3.13. The molecule has 0 saturated heterocycles. The molecule has 0 aromatic heterocycles. The zero-order valence-electron chi connectivity index (χ0n) is 8.08. The van der Waals surface area contributed by atoms with Crippen molar-refractivity contribution in [2.45, 2.75) is 6.92 Å². The van der Waals surface area contributed by atoms with Crippen molar-refractivity contribution in [1.29, 1.82) is 0 Å².